The largest absolute Gasteiger partial charge is 0.490 e. The van der Waals surface area contributed by atoms with Gasteiger partial charge in [-0.05, 0) is 31.2 Å². The maximum Gasteiger partial charge on any atom is 0.251 e. The van der Waals surface area contributed by atoms with Crippen molar-refractivity contribution in [2.45, 2.75) is 13.5 Å². The molecule has 0 unspecified atom stereocenters. The number of para-hydroxylation sites is 1. The molecule has 1 aromatic heterocycles. The molecule has 0 spiro atoms. The first-order chi connectivity index (χ1) is 11.3. The van der Waals surface area contributed by atoms with Crippen molar-refractivity contribution >= 4 is 12.0 Å². The molecule has 5 heteroatoms. The van der Waals surface area contributed by atoms with Crippen molar-refractivity contribution in [3.05, 3.63) is 59.4 Å². The number of nitrogens with zero attached hydrogens (tertiary/aromatic N) is 1. The van der Waals surface area contributed by atoms with Crippen LogP contribution in [0.25, 0.3) is 6.08 Å². The van der Waals surface area contributed by atoms with Crippen molar-refractivity contribution in [2.75, 3.05) is 13.2 Å². The van der Waals surface area contributed by atoms with Gasteiger partial charge in [0, 0.05) is 11.8 Å². The van der Waals surface area contributed by atoms with Gasteiger partial charge >= 0.3 is 0 Å². The van der Waals surface area contributed by atoms with Gasteiger partial charge in [-0.3, -0.25) is 9.78 Å². The zero-order valence-electron chi connectivity index (χ0n) is 12.9. The maximum absolute atomic E-state index is 12.3. The quantitative estimate of drug-likeness (QED) is 0.922. The first-order valence-corrected chi connectivity index (χ1v) is 7.55. The van der Waals surface area contributed by atoms with Gasteiger partial charge in [-0.2, -0.15) is 0 Å². The topological polar surface area (TPSA) is 60.5 Å². The molecule has 0 fully saturated rings. The normalized spacial score (nSPS) is 12.7. The predicted octanol–water partition coefficient (Wildman–Crippen LogP) is 2.57. The molecule has 0 saturated heterocycles. The fourth-order valence-corrected chi connectivity index (χ4v) is 2.37. The van der Waals surface area contributed by atoms with Crippen molar-refractivity contribution in [1.29, 1.82) is 0 Å². The SMILES string of the molecule is CCOc1cccc2c1OCC(C(=O)NCc1ccccn1)=C2. The van der Waals surface area contributed by atoms with Gasteiger partial charge in [0.25, 0.3) is 5.91 Å². The van der Waals surface area contributed by atoms with Gasteiger partial charge in [0.05, 0.1) is 24.4 Å². The van der Waals surface area contributed by atoms with Crippen molar-refractivity contribution in [2.24, 2.45) is 0 Å². The first-order valence-electron chi connectivity index (χ1n) is 7.55. The van der Waals surface area contributed by atoms with E-state index in [9.17, 15) is 4.79 Å². The number of ether oxygens (including phenoxy) is 2. The summed E-state index contributed by atoms with van der Waals surface area (Å²) in [5, 5.41) is 2.86. The Bertz CT molecular complexity index is 726. The fourth-order valence-electron chi connectivity index (χ4n) is 2.37. The number of hydrogen-bond donors (Lipinski definition) is 1. The summed E-state index contributed by atoms with van der Waals surface area (Å²) >= 11 is 0. The Hall–Kier alpha value is -2.82. The lowest BCUT2D eigenvalue weighted by atomic mass is 10.1. The van der Waals surface area contributed by atoms with Crippen LogP contribution in [0.1, 0.15) is 18.2 Å². The summed E-state index contributed by atoms with van der Waals surface area (Å²) in [6, 6.07) is 11.3. The smallest absolute Gasteiger partial charge is 0.251 e. The molecule has 0 aliphatic carbocycles. The molecule has 0 atom stereocenters. The third kappa shape index (κ3) is 3.51. The van der Waals surface area contributed by atoms with E-state index < -0.39 is 0 Å². The Labute approximate surface area is 135 Å². The van der Waals surface area contributed by atoms with Gasteiger partial charge < -0.3 is 14.8 Å². The molecule has 1 aromatic carbocycles. The predicted molar refractivity (Wildman–Crippen MR) is 87.2 cm³/mol. The average Bonchev–Trinajstić information content (AvgIpc) is 2.60. The number of fused-ring (bicyclic) bond motifs is 1. The number of nitrogens with one attached hydrogen (secondary N) is 1. The van der Waals surface area contributed by atoms with Crippen molar-refractivity contribution < 1.29 is 14.3 Å². The molecule has 23 heavy (non-hydrogen) atoms. The van der Waals surface area contributed by atoms with Gasteiger partial charge in [-0.15, -0.1) is 0 Å². The molecule has 0 saturated carbocycles. The molecule has 2 aromatic rings. The highest BCUT2D eigenvalue weighted by atomic mass is 16.5. The van der Waals surface area contributed by atoms with E-state index in [-0.39, 0.29) is 12.5 Å². The minimum absolute atomic E-state index is 0.150. The third-order valence-electron chi connectivity index (χ3n) is 3.46. The highest BCUT2D eigenvalue weighted by Gasteiger charge is 2.20. The van der Waals surface area contributed by atoms with Crippen LogP contribution in [0.5, 0.6) is 11.5 Å². The summed E-state index contributed by atoms with van der Waals surface area (Å²) in [7, 11) is 0. The molecule has 2 heterocycles. The maximum atomic E-state index is 12.3. The van der Waals surface area contributed by atoms with Gasteiger partial charge in [0.2, 0.25) is 0 Å². The Morgan fingerprint density at radius 1 is 1.30 bits per heavy atom. The van der Waals surface area contributed by atoms with Crippen molar-refractivity contribution in [1.82, 2.24) is 10.3 Å². The molecule has 0 radical (unpaired) electrons. The van der Waals surface area contributed by atoms with Gasteiger partial charge in [-0.25, -0.2) is 0 Å². The van der Waals surface area contributed by atoms with Crippen molar-refractivity contribution in [3.8, 4) is 11.5 Å². The van der Waals surface area contributed by atoms with E-state index in [4.69, 9.17) is 9.47 Å². The molecule has 1 N–H and O–H groups in total. The summed E-state index contributed by atoms with van der Waals surface area (Å²) in [6.45, 7) is 3.11. The van der Waals surface area contributed by atoms with E-state index in [0.29, 0.717) is 30.2 Å². The zero-order valence-corrected chi connectivity index (χ0v) is 12.9. The molecule has 1 amide bonds. The summed E-state index contributed by atoms with van der Waals surface area (Å²) in [5.41, 5.74) is 2.25. The summed E-state index contributed by atoms with van der Waals surface area (Å²) in [4.78, 5) is 16.5. The van der Waals surface area contributed by atoms with Crippen LogP contribution in [0, 0.1) is 0 Å². The van der Waals surface area contributed by atoms with Crippen LogP contribution in [-0.2, 0) is 11.3 Å². The Morgan fingerprint density at radius 3 is 3.00 bits per heavy atom. The highest BCUT2D eigenvalue weighted by Crippen LogP contribution is 2.35. The van der Waals surface area contributed by atoms with E-state index in [1.807, 2.05) is 49.4 Å². The lowest BCUT2D eigenvalue weighted by Crippen LogP contribution is -2.28. The Balaban J connectivity index is 1.71. The lowest BCUT2D eigenvalue weighted by Gasteiger charge is -2.20. The molecule has 1 aliphatic heterocycles. The van der Waals surface area contributed by atoms with Crippen LogP contribution >= 0.6 is 0 Å². The zero-order chi connectivity index (χ0) is 16.1. The molecule has 1 aliphatic rings. The minimum atomic E-state index is -0.150. The summed E-state index contributed by atoms with van der Waals surface area (Å²) in [6.07, 6.45) is 3.55. The first kappa shape index (κ1) is 15.1. The second-order valence-corrected chi connectivity index (χ2v) is 5.07. The van der Waals surface area contributed by atoms with E-state index >= 15 is 0 Å². The molecular formula is C18H18N2O3. The van der Waals surface area contributed by atoms with Crippen LogP contribution in [0.3, 0.4) is 0 Å². The van der Waals surface area contributed by atoms with Gasteiger partial charge in [0.1, 0.15) is 6.61 Å². The number of benzene rings is 1. The van der Waals surface area contributed by atoms with Crippen LogP contribution in [0.15, 0.2) is 48.2 Å². The summed E-state index contributed by atoms with van der Waals surface area (Å²) < 4.78 is 11.3. The number of rotatable bonds is 5. The second-order valence-electron chi connectivity index (χ2n) is 5.07. The molecular weight excluding hydrogens is 292 g/mol. The fraction of sp³-hybridized carbons (Fsp3) is 0.222. The molecule has 118 valence electrons. The Kier molecular flexibility index (Phi) is 4.57. The van der Waals surface area contributed by atoms with E-state index in [0.717, 1.165) is 11.3 Å². The monoisotopic (exact) mass is 310 g/mol. The number of carbonyl (C=O) groups is 1. The number of pyridine rings is 1. The average molecular weight is 310 g/mol. The van der Waals surface area contributed by atoms with Crippen molar-refractivity contribution in [3.63, 3.8) is 0 Å². The highest BCUT2D eigenvalue weighted by molar-refractivity contribution is 5.99. The lowest BCUT2D eigenvalue weighted by molar-refractivity contribution is -0.117. The Morgan fingerprint density at radius 2 is 2.22 bits per heavy atom. The number of carbonyl (C=O) groups excluding carboxylic acids is 1. The molecule has 0 bridgehead atoms. The number of aromatic nitrogens is 1. The molecule has 5 nitrogen and oxygen atoms in total. The van der Waals surface area contributed by atoms with Crippen LogP contribution in [-0.4, -0.2) is 24.1 Å². The summed E-state index contributed by atoms with van der Waals surface area (Å²) in [5.74, 6) is 1.24. The van der Waals surface area contributed by atoms with E-state index in [1.54, 1.807) is 6.20 Å². The minimum Gasteiger partial charge on any atom is -0.490 e. The standard InChI is InChI=1S/C18H18N2O3/c1-2-22-16-8-5-6-13-10-14(12-23-17(13)16)18(21)20-11-15-7-3-4-9-19-15/h3-10H,2,11-12H2,1H3,(H,20,21). The van der Waals surface area contributed by atoms with Crippen LogP contribution in [0.2, 0.25) is 0 Å². The van der Waals surface area contributed by atoms with Crippen LogP contribution < -0.4 is 14.8 Å². The van der Waals surface area contributed by atoms with Crippen LogP contribution in [0.4, 0.5) is 0 Å². The van der Waals surface area contributed by atoms with E-state index in [1.165, 1.54) is 0 Å². The number of amides is 1. The number of hydrogen-bond acceptors (Lipinski definition) is 4. The van der Waals surface area contributed by atoms with Gasteiger partial charge in [0.15, 0.2) is 11.5 Å². The van der Waals surface area contributed by atoms with E-state index in [2.05, 4.69) is 10.3 Å². The molecule has 3 rings (SSSR count). The third-order valence-corrected chi connectivity index (χ3v) is 3.46. The second kappa shape index (κ2) is 6.96. The van der Waals surface area contributed by atoms with Gasteiger partial charge in [-0.1, -0.05) is 18.2 Å².